The second-order valence-electron chi connectivity index (χ2n) is 8.94. The van der Waals surface area contributed by atoms with Crippen molar-refractivity contribution >= 4 is 23.6 Å². The van der Waals surface area contributed by atoms with Crippen LogP contribution in [0.5, 0.6) is 0 Å². The fourth-order valence-electron chi connectivity index (χ4n) is 4.26. The number of nitrogens with one attached hydrogen (secondary N) is 1. The summed E-state index contributed by atoms with van der Waals surface area (Å²) in [5.74, 6) is 3.61. The lowest BCUT2D eigenvalue weighted by atomic mass is 9.89. The number of hydrogen-bond acceptors (Lipinski definition) is 5. The molecule has 0 bridgehead atoms. The lowest BCUT2D eigenvalue weighted by molar-refractivity contribution is -0.138. The van der Waals surface area contributed by atoms with E-state index >= 15 is 0 Å². The minimum Gasteiger partial charge on any atom is -0.465 e. The summed E-state index contributed by atoms with van der Waals surface area (Å²) >= 11 is 0. The third-order valence-electron chi connectivity index (χ3n) is 6.25. The van der Waals surface area contributed by atoms with Gasteiger partial charge in [0.1, 0.15) is 17.1 Å². The summed E-state index contributed by atoms with van der Waals surface area (Å²) in [7, 11) is 0. The number of carboxylic acid groups (broad SMARTS) is 1. The highest BCUT2D eigenvalue weighted by molar-refractivity contribution is 5.77. The van der Waals surface area contributed by atoms with Crippen LogP contribution in [0.4, 0.5) is 34.0 Å². The van der Waals surface area contributed by atoms with E-state index in [1.165, 1.54) is 11.0 Å². The minimum absolute atomic E-state index is 0.119. The van der Waals surface area contributed by atoms with Gasteiger partial charge in [-0.3, -0.25) is 4.79 Å². The second kappa shape index (κ2) is 11.4. The fourth-order valence-corrected chi connectivity index (χ4v) is 4.26. The number of anilines is 2. The van der Waals surface area contributed by atoms with Crippen LogP contribution in [0.25, 0.3) is 0 Å². The molecule has 4 rings (SSSR count). The van der Waals surface area contributed by atoms with Gasteiger partial charge in [0, 0.05) is 30.5 Å². The van der Waals surface area contributed by atoms with Gasteiger partial charge in [-0.2, -0.15) is 13.2 Å². The Kier molecular flexibility index (Phi) is 7.99. The van der Waals surface area contributed by atoms with Crippen LogP contribution in [0.2, 0.25) is 0 Å². The average Bonchev–Trinajstić information content (AvgIpc) is 2.88. The lowest BCUT2D eigenvalue weighted by Crippen LogP contribution is -2.36. The molecule has 2 amide bonds. The zero-order valence-corrected chi connectivity index (χ0v) is 20.4. The van der Waals surface area contributed by atoms with E-state index in [1.54, 1.807) is 12.1 Å². The van der Waals surface area contributed by atoms with E-state index < -0.39 is 35.3 Å². The number of aromatic nitrogens is 2. The van der Waals surface area contributed by atoms with Gasteiger partial charge < -0.3 is 21.1 Å². The van der Waals surface area contributed by atoms with Gasteiger partial charge in [-0.15, -0.1) is 0 Å². The average molecular weight is 542 g/mol. The number of rotatable bonds is 5. The Hall–Kier alpha value is -4.66. The number of primary amides is 1. The van der Waals surface area contributed by atoms with E-state index in [9.17, 15) is 27.2 Å². The SMILES string of the molecule is NC(=O)Cc1cc(F)ccc1C#Cc1nc(Nc2ccc(C3CCN(C(=O)O)CC3)cc2)ncc1C(F)(F)F. The van der Waals surface area contributed by atoms with Gasteiger partial charge in [0.25, 0.3) is 0 Å². The van der Waals surface area contributed by atoms with Crippen LogP contribution >= 0.6 is 0 Å². The number of halogens is 4. The van der Waals surface area contributed by atoms with Crippen LogP contribution in [0.1, 0.15) is 46.7 Å². The van der Waals surface area contributed by atoms with E-state index in [4.69, 9.17) is 10.8 Å². The molecule has 4 N–H and O–H groups in total. The standard InChI is InChI=1S/C27H23F4N5O3/c28-20-5-1-17(19(13-20)14-24(32)37)4-8-23-22(27(29,30)31)15-33-25(35-23)34-21-6-2-16(3-7-21)18-9-11-36(12-10-18)26(38)39/h1-3,5-7,13,15,18H,9-12,14H2,(H2,32,37)(H,38,39)(H,33,34,35). The summed E-state index contributed by atoms with van der Waals surface area (Å²) in [6.45, 7) is 0.899. The molecule has 1 fully saturated rings. The quantitative estimate of drug-likeness (QED) is 0.319. The zero-order chi connectivity index (χ0) is 28.2. The van der Waals surface area contributed by atoms with E-state index in [1.807, 2.05) is 12.1 Å². The number of nitrogens with zero attached hydrogens (tertiary/aromatic N) is 3. The van der Waals surface area contributed by atoms with Gasteiger partial charge in [-0.25, -0.2) is 19.2 Å². The first kappa shape index (κ1) is 27.4. The molecule has 1 saturated heterocycles. The maximum Gasteiger partial charge on any atom is 0.420 e. The van der Waals surface area contributed by atoms with Crippen LogP contribution < -0.4 is 11.1 Å². The summed E-state index contributed by atoms with van der Waals surface area (Å²) in [4.78, 5) is 31.5. The van der Waals surface area contributed by atoms with Crippen LogP contribution in [0.15, 0.2) is 48.7 Å². The van der Waals surface area contributed by atoms with E-state index in [0.29, 0.717) is 37.8 Å². The predicted octanol–water partition coefficient (Wildman–Crippen LogP) is 4.66. The number of hydrogen-bond donors (Lipinski definition) is 3. The third-order valence-corrected chi connectivity index (χ3v) is 6.25. The Bertz CT molecular complexity index is 1440. The Morgan fingerprint density at radius 3 is 2.41 bits per heavy atom. The van der Waals surface area contributed by atoms with Crippen molar-refractivity contribution in [2.45, 2.75) is 31.4 Å². The molecule has 2 aromatic carbocycles. The predicted molar refractivity (Wildman–Crippen MR) is 134 cm³/mol. The first-order valence-electron chi connectivity index (χ1n) is 11.9. The minimum atomic E-state index is -4.78. The molecule has 0 unspecified atom stereocenters. The maximum absolute atomic E-state index is 13.6. The highest BCUT2D eigenvalue weighted by atomic mass is 19.4. The van der Waals surface area contributed by atoms with Crippen LogP contribution in [0, 0.1) is 17.7 Å². The van der Waals surface area contributed by atoms with Crippen molar-refractivity contribution < 1.29 is 32.3 Å². The first-order valence-corrected chi connectivity index (χ1v) is 11.9. The highest BCUT2D eigenvalue weighted by Crippen LogP contribution is 2.32. The molecule has 2 heterocycles. The number of carbonyl (C=O) groups excluding carboxylic acids is 1. The molecular formula is C27H23F4N5O3. The van der Waals surface area contributed by atoms with E-state index in [-0.39, 0.29) is 29.4 Å². The first-order chi connectivity index (χ1) is 18.5. The monoisotopic (exact) mass is 541 g/mol. The number of amides is 2. The van der Waals surface area contributed by atoms with Crippen molar-refractivity contribution in [3.05, 3.63) is 82.4 Å². The third kappa shape index (κ3) is 7.01. The van der Waals surface area contributed by atoms with Crippen molar-refractivity contribution in [2.24, 2.45) is 5.73 Å². The number of alkyl halides is 3. The molecule has 1 aliphatic rings. The van der Waals surface area contributed by atoms with Crippen LogP contribution in [0.3, 0.4) is 0 Å². The number of nitrogens with two attached hydrogens (primary N) is 1. The van der Waals surface area contributed by atoms with Gasteiger partial charge in [0.05, 0.1) is 6.42 Å². The van der Waals surface area contributed by atoms with E-state index in [0.717, 1.165) is 17.7 Å². The van der Waals surface area contributed by atoms with Crippen molar-refractivity contribution in [2.75, 3.05) is 18.4 Å². The fraction of sp³-hybridized carbons (Fsp3) is 0.259. The van der Waals surface area contributed by atoms with Gasteiger partial charge >= 0.3 is 12.3 Å². The Labute approximate surface area is 220 Å². The number of benzene rings is 2. The summed E-state index contributed by atoms with van der Waals surface area (Å²) in [5, 5.41) is 12.0. The normalized spacial score (nSPS) is 13.9. The topological polar surface area (TPSA) is 121 Å². The highest BCUT2D eigenvalue weighted by Gasteiger charge is 2.35. The molecular weight excluding hydrogens is 518 g/mol. The van der Waals surface area contributed by atoms with Crippen LogP contribution in [-0.4, -0.2) is 45.1 Å². The van der Waals surface area contributed by atoms with Gasteiger partial charge in [0.15, 0.2) is 0 Å². The Morgan fingerprint density at radius 1 is 1.10 bits per heavy atom. The summed E-state index contributed by atoms with van der Waals surface area (Å²) < 4.78 is 54.5. The molecule has 39 heavy (non-hydrogen) atoms. The Morgan fingerprint density at radius 2 is 1.79 bits per heavy atom. The van der Waals surface area contributed by atoms with E-state index in [2.05, 4.69) is 27.1 Å². The smallest absolute Gasteiger partial charge is 0.420 e. The van der Waals surface area contributed by atoms with Crippen molar-refractivity contribution in [3.63, 3.8) is 0 Å². The Balaban J connectivity index is 1.56. The van der Waals surface area contributed by atoms with Crippen LogP contribution in [-0.2, 0) is 17.4 Å². The number of likely N-dealkylation sites (tertiary alicyclic amines) is 1. The number of carbonyl (C=O) groups is 2. The molecule has 0 saturated carbocycles. The molecule has 0 spiro atoms. The number of piperidine rings is 1. The zero-order valence-electron chi connectivity index (χ0n) is 20.4. The molecule has 12 heteroatoms. The van der Waals surface area contributed by atoms with Crippen molar-refractivity contribution in [3.8, 4) is 11.8 Å². The molecule has 0 radical (unpaired) electrons. The summed E-state index contributed by atoms with van der Waals surface area (Å²) in [6, 6.07) is 10.6. The van der Waals surface area contributed by atoms with Crippen molar-refractivity contribution in [1.29, 1.82) is 0 Å². The van der Waals surface area contributed by atoms with Gasteiger partial charge in [0.2, 0.25) is 11.9 Å². The van der Waals surface area contributed by atoms with Gasteiger partial charge in [-0.05, 0) is 66.1 Å². The van der Waals surface area contributed by atoms with Gasteiger partial charge in [-0.1, -0.05) is 18.1 Å². The second-order valence-corrected chi connectivity index (χ2v) is 8.94. The molecule has 8 nitrogen and oxygen atoms in total. The summed E-state index contributed by atoms with van der Waals surface area (Å²) in [5.41, 5.74) is 5.27. The molecule has 0 atom stereocenters. The molecule has 1 aliphatic heterocycles. The molecule has 1 aromatic heterocycles. The molecule has 3 aromatic rings. The largest absolute Gasteiger partial charge is 0.465 e. The lowest BCUT2D eigenvalue weighted by Gasteiger charge is -2.30. The molecule has 0 aliphatic carbocycles. The van der Waals surface area contributed by atoms with Crippen molar-refractivity contribution in [1.82, 2.24) is 14.9 Å². The molecule has 202 valence electrons. The maximum atomic E-state index is 13.6. The summed E-state index contributed by atoms with van der Waals surface area (Å²) in [6.07, 6.45) is -4.04.